The van der Waals surface area contributed by atoms with E-state index in [1.54, 1.807) is 13.8 Å². The number of aliphatic hydroxyl groups excluding tert-OH is 1. The Bertz CT molecular complexity index is 357. The molecule has 0 heterocycles. The van der Waals surface area contributed by atoms with Crippen molar-refractivity contribution in [1.82, 2.24) is 0 Å². The Morgan fingerprint density at radius 3 is 2.22 bits per heavy atom. The molecule has 0 spiro atoms. The predicted octanol–water partition coefficient (Wildman–Crippen LogP) is 2.48. The molecule has 0 saturated carbocycles. The highest BCUT2D eigenvalue weighted by Gasteiger charge is 2.14. The second-order valence-electron chi connectivity index (χ2n) is 4.14. The minimum absolute atomic E-state index is 0.0632. The van der Waals surface area contributed by atoms with Gasteiger partial charge in [0.15, 0.2) is 0 Å². The normalized spacial score (nSPS) is 11.0. The summed E-state index contributed by atoms with van der Waals surface area (Å²) in [6.45, 7) is 4.05. The van der Waals surface area contributed by atoms with Crippen molar-refractivity contribution >= 4 is 0 Å². The van der Waals surface area contributed by atoms with E-state index in [0.717, 1.165) is 0 Å². The molecule has 18 heavy (non-hydrogen) atoms. The van der Waals surface area contributed by atoms with Gasteiger partial charge in [0.05, 0.1) is 19.8 Å². The molecule has 0 aliphatic carbocycles. The van der Waals surface area contributed by atoms with Gasteiger partial charge in [-0.15, -0.1) is 0 Å². The summed E-state index contributed by atoms with van der Waals surface area (Å²) in [5.41, 5.74) is 0.0684. The molecule has 0 radical (unpaired) electrons. The van der Waals surface area contributed by atoms with Gasteiger partial charge in [0.1, 0.15) is 24.0 Å². The van der Waals surface area contributed by atoms with Crippen LogP contribution in [0.1, 0.15) is 25.3 Å². The van der Waals surface area contributed by atoms with Gasteiger partial charge in [0.25, 0.3) is 0 Å². The van der Waals surface area contributed by atoms with Crippen LogP contribution >= 0.6 is 0 Å². The zero-order valence-corrected chi connectivity index (χ0v) is 10.6. The van der Waals surface area contributed by atoms with Crippen molar-refractivity contribution in [2.45, 2.75) is 19.8 Å². The van der Waals surface area contributed by atoms with Crippen LogP contribution in [-0.4, -0.2) is 31.5 Å². The van der Waals surface area contributed by atoms with Gasteiger partial charge in [-0.3, -0.25) is 0 Å². The predicted molar refractivity (Wildman–Crippen MR) is 63.8 cm³/mol. The van der Waals surface area contributed by atoms with Crippen molar-refractivity contribution in [2.75, 3.05) is 26.4 Å². The molecule has 0 unspecified atom stereocenters. The lowest BCUT2D eigenvalue weighted by molar-refractivity contribution is 0.0703. The molecule has 1 N–H and O–H groups in total. The number of benzene rings is 1. The Kier molecular flexibility index (Phi) is 6.01. The first-order valence-electron chi connectivity index (χ1n) is 5.86. The number of hydrogen-bond acceptors (Lipinski definition) is 3. The van der Waals surface area contributed by atoms with Crippen LogP contribution in [0.2, 0.25) is 0 Å². The van der Waals surface area contributed by atoms with Gasteiger partial charge in [0, 0.05) is 17.7 Å². The maximum absolute atomic E-state index is 13.6. The fraction of sp³-hybridized carbons (Fsp3) is 0.538. The number of halogens is 2. The van der Waals surface area contributed by atoms with Crippen LogP contribution in [0, 0.1) is 11.6 Å². The molecule has 0 saturated heterocycles. The monoisotopic (exact) mass is 260 g/mol. The van der Waals surface area contributed by atoms with E-state index in [9.17, 15) is 8.78 Å². The Labute approximate surface area is 105 Å². The Morgan fingerprint density at radius 1 is 1.11 bits per heavy atom. The zero-order valence-electron chi connectivity index (χ0n) is 10.6. The first-order chi connectivity index (χ1) is 8.56. The molecule has 1 aromatic carbocycles. The minimum atomic E-state index is -0.601. The average Bonchev–Trinajstić information content (AvgIpc) is 2.27. The van der Waals surface area contributed by atoms with Crippen molar-refractivity contribution in [3.8, 4) is 5.75 Å². The molecule has 3 nitrogen and oxygen atoms in total. The molecule has 1 aromatic rings. The fourth-order valence-corrected chi connectivity index (χ4v) is 1.58. The van der Waals surface area contributed by atoms with Gasteiger partial charge < -0.3 is 14.6 Å². The van der Waals surface area contributed by atoms with Gasteiger partial charge in [0.2, 0.25) is 0 Å². The van der Waals surface area contributed by atoms with Crippen LogP contribution < -0.4 is 4.74 Å². The van der Waals surface area contributed by atoms with E-state index < -0.39 is 11.6 Å². The summed E-state index contributed by atoms with van der Waals surface area (Å²) in [5.74, 6) is -1.28. The third-order valence-corrected chi connectivity index (χ3v) is 2.36. The van der Waals surface area contributed by atoms with Gasteiger partial charge in [-0.25, -0.2) is 8.78 Å². The highest BCUT2D eigenvalue weighted by molar-refractivity contribution is 5.32. The van der Waals surface area contributed by atoms with E-state index >= 15 is 0 Å². The summed E-state index contributed by atoms with van der Waals surface area (Å²) in [6.07, 6.45) is 0. The SMILES string of the molecule is CC(C)c1c(F)cc(OCCOCCO)cc1F. The molecule has 0 bridgehead atoms. The molecular formula is C13H18F2O3. The third kappa shape index (κ3) is 4.23. The second kappa shape index (κ2) is 7.28. The van der Waals surface area contributed by atoms with E-state index in [1.165, 1.54) is 12.1 Å². The molecule has 0 amide bonds. The standard InChI is InChI=1S/C13H18F2O3/c1-9(2)13-11(14)7-10(8-12(13)15)18-6-5-17-4-3-16/h7-9,16H,3-6H2,1-2H3. The number of ether oxygens (including phenoxy) is 2. The molecular weight excluding hydrogens is 242 g/mol. The summed E-state index contributed by atoms with van der Waals surface area (Å²) in [6, 6.07) is 2.34. The fourth-order valence-electron chi connectivity index (χ4n) is 1.58. The van der Waals surface area contributed by atoms with Crippen molar-refractivity contribution in [3.63, 3.8) is 0 Å². The first-order valence-corrected chi connectivity index (χ1v) is 5.86. The lowest BCUT2D eigenvalue weighted by Crippen LogP contribution is -2.10. The summed E-state index contributed by atoms with van der Waals surface area (Å²) in [4.78, 5) is 0. The number of aliphatic hydroxyl groups is 1. The molecule has 0 aromatic heterocycles. The molecule has 0 aliphatic rings. The highest BCUT2D eigenvalue weighted by atomic mass is 19.1. The van der Waals surface area contributed by atoms with Crippen LogP contribution in [0.4, 0.5) is 8.78 Å². The van der Waals surface area contributed by atoms with E-state index in [2.05, 4.69) is 0 Å². The van der Waals surface area contributed by atoms with Crippen LogP contribution in [-0.2, 0) is 4.74 Å². The van der Waals surface area contributed by atoms with Crippen molar-refractivity contribution < 1.29 is 23.4 Å². The summed E-state index contributed by atoms with van der Waals surface area (Å²) < 4.78 is 37.3. The van der Waals surface area contributed by atoms with Crippen molar-refractivity contribution in [1.29, 1.82) is 0 Å². The molecule has 0 fully saturated rings. The van der Waals surface area contributed by atoms with E-state index in [1.807, 2.05) is 0 Å². The van der Waals surface area contributed by atoms with Gasteiger partial charge >= 0.3 is 0 Å². The Hall–Kier alpha value is -1.20. The van der Waals surface area contributed by atoms with Gasteiger partial charge in [-0.1, -0.05) is 13.8 Å². The van der Waals surface area contributed by atoms with Crippen molar-refractivity contribution in [3.05, 3.63) is 29.3 Å². The zero-order chi connectivity index (χ0) is 13.5. The molecule has 5 heteroatoms. The Morgan fingerprint density at radius 2 is 1.72 bits per heavy atom. The smallest absolute Gasteiger partial charge is 0.133 e. The number of hydrogen-bond donors (Lipinski definition) is 1. The van der Waals surface area contributed by atoms with Gasteiger partial charge in [-0.05, 0) is 5.92 Å². The van der Waals surface area contributed by atoms with E-state index in [4.69, 9.17) is 14.6 Å². The molecule has 0 aliphatic heterocycles. The minimum Gasteiger partial charge on any atom is -0.491 e. The quantitative estimate of drug-likeness (QED) is 0.765. The second-order valence-corrected chi connectivity index (χ2v) is 4.14. The molecule has 0 atom stereocenters. The lowest BCUT2D eigenvalue weighted by atomic mass is 10.0. The van der Waals surface area contributed by atoms with Crippen LogP contribution in [0.5, 0.6) is 5.75 Å². The maximum Gasteiger partial charge on any atom is 0.133 e. The maximum atomic E-state index is 13.6. The Balaban J connectivity index is 2.58. The number of rotatable bonds is 7. The average molecular weight is 260 g/mol. The van der Waals surface area contributed by atoms with Crippen LogP contribution in [0.15, 0.2) is 12.1 Å². The summed E-state index contributed by atoms with van der Waals surface area (Å²) in [7, 11) is 0. The molecule has 102 valence electrons. The largest absolute Gasteiger partial charge is 0.491 e. The summed E-state index contributed by atoms with van der Waals surface area (Å²) >= 11 is 0. The van der Waals surface area contributed by atoms with Crippen LogP contribution in [0.25, 0.3) is 0 Å². The van der Waals surface area contributed by atoms with Crippen molar-refractivity contribution in [2.24, 2.45) is 0 Å². The van der Waals surface area contributed by atoms with Crippen LogP contribution in [0.3, 0.4) is 0 Å². The lowest BCUT2D eigenvalue weighted by Gasteiger charge is -2.12. The first kappa shape index (κ1) is 14.9. The molecule has 1 rings (SSSR count). The highest BCUT2D eigenvalue weighted by Crippen LogP contribution is 2.26. The third-order valence-electron chi connectivity index (χ3n) is 2.36. The van der Waals surface area contributed by atoms with E-state index in [-0.39, 0.29) is 43.7 Å². The van der Waals surface area contributed by atoms with E-state index in [0.29, 0.717) is 0 Å². The van der Waals surface area contributed by atoms with Gasteiger partial charge in [-0.2, -0.15) is 0 Å². The topological polar surface area (TPSA) is 38.7 Å². The summed E-state index contributed by atoms with van der Waals surface area (Å²) in [5, 5.41) is 8.47.